The first-order valence-electron chi connectivity index (χ1n) is 9.41. The number of hydrogen-bond acceptors (Lipinski definition) is 6. The van der Waals surface area contributed by atoms with Crippen molar-refractivity contribution >= 4 is 5.82 Å². The summed E-state index contributed by atoms with van der Waals surface area (Å²) in [5, 5.41) is 4.25. The molecule has 2 aliphatic rings. The van der Waals surface area contributed by atoms with Crippen LogP contribution >= 0.6 is 0 Å². The smallest absolute Gasteiger partial charge is 0.140 e. The van der Waals surface area contributed by atoms with Crippen molar-refractivity contribution in [2.45, 2.75) is 52.5 Å². The first-order chi connectivity index (χ1) is 12.1. The van der Waals surface area contributed by atoms with Crippen molar-refractivity contribution in [2.75, 3.05) is 31.1 Å². The van der Waals surface area contributed by atoms with Crippen LogP contribution in [0.2, 0.25) is 0 Å². The van der Waals surface area contributed by atoms with Crippen molar-refractivity contribution in [1.82, 2.24) is 20.0 Å². The van der Waals surface area contributed by atoms with Crippen LogP contribution < -0.4 is 4.90 Å². The third kappa shape index (κ3) is 3.54. The Hall–Kier alpha value is -1.95. The van der Waals surface area contributed by atoms with E-state index in [1.807, 2.05) is 6.92 Å². The summed E-state index contributed by atoms with van der Waals surface area (Å²) < 4.78 is 5.47. The Morgan fingerprint density at radius 1 is 1.12 bits per heavy atom. The maximum atomic E-state index is 5.47. The fourth-order valence-corrected chi connectivity index (χ4v) is 3.70. The van der Waals surface area contributed by atoms with Gasteiger partial charge in [-0.25, -0.2) is 9.97 Å². The second kappa shape index (κ2) is 6.75. The molecule has 1 aliphatic carbocycles. The van der Waals surface area contributed by atoms with E-state index < -0.39 is 0 Å². The lowest BCUT2D eigenvalue weighted by atomic mass is 10.1. The number of aryl methyl sites for hydroxylation is 2. The van der Waals surface area contributed by atoms with E-state index in [4.69, 9.17) is 9.51 Å². The topological polar surface area (TPSA) is 58.3 Å². The third-order valence-electron chi connectivity index (χ3n) is 5.27. The van der Waals surface area contributed by atoms with Crippen LogP contribution in [-0.2, 0) is 13.0 Å². The van der Waals surface area contributed by atoms with Crippen LogP contribution in [0.15, 0.2) is 10.6 Å². The summed E-state index contributed by atoms with van der Waals surface area (Å²) in [5.74, 6) is 3.70. The summed E-state index contributed by atoms with van der Waals surface area (Å²) >= 11 is 0. The van der Waals surface area contributed by atoms with Gasteiger partial charge < -0.3 is 9.42 Å². The second-order valence-electron chi connectivity index (χ2n) is 7.27. The standard InChI is InChI=1S/C19H27N5O/c1-4-17-13(2)20-14(3)21-19(17)24-9-7-23(8-10-24)12-16-11-18(25-22-16)15-5-6-15/h11,15H,4-10,12H2,1-3H3. The van der Waals surface area contributed by atoms with Crippen LogP contribution in [0, 0.1) is 13.8 Å². The highest BCUT2D eigenvalue weighted by Gasteiger charge is 2.28. The predicted octanol–water partition coefficient (Wildman–Crippen LogP) is 2.84. The van der Waals surface area contributed by atoms with Crippen molar-refractivity contribution in [3.8, 4) is 0 Å². The van der Waals surface area contributed by atoms with Gasteiger partial charge in [-0.3, -0.25) is 4.90 Å². The quantitative estimate of drug-likeness (QED) is 0.833. The van der Waals surface area contributed by atoms with Crippen molar-refractivity contribution in [3.05, 3.63) is 34.6 Å². The van der Waals surface area contributed by atoms with Crippen LogP contribution in [0.3, 0.4) is 0 Å². The summed E-state index contributed by atoms with van der Waals surface area (Å²) in [6, 6.07) is 2.15. The average Bonchev–Trinajstić information content (AvgIpc) is 3.35. The molecule has 4 rings (SSSR count). The fraction of sp³-hybridized carbons (Fsp3) is 0.632. The zero-order chi connectivity index (χ0) is 17.4. The van der Waals surface area contributed by atoms with Gasteiger partial charge in [-0.2, -0.15) is 0 Å². The van der Waals surface area contributed by atoms with Crippen LogP contribution in [0.4, 0.5) is 5.82 Å². The summed E-state index contributed by atoms with van der Waals surface area (Å²) in [4.78, 5) is 14.1. The predicted molar refractivity (Wildman–Crippen MR) is 96.9 cm³/mol. The van der Waals surface area contributed by atoms with Gasteiger partial charge in [0.05, 0.1) is 5.69 Å². The monoisotopic (exact) mass is 341 g/mol. The van der Waals surface area contributed by atoms with Gasteiger partial charge in [0, 0.05) is 56.0 Å². The molecule has 0 spiro atoms. The van der Waals surface area contributed by atoms with E-state index in [9.17, 15) is 0 Å². The SMILES string of the molecule is CCc1c(C)nc(C)nc1N1CCN(Cc2cc(C3CC3)on2)CC1. The van der Waals surface area contributed by atoms with Crippen molar-refractivity contribution in [1.29, 1.82) is 0 Å². The minimum Gasteiger partial charge on any atom is -0.361 e. The first-order valence-corrected chi connectivity index (χ1v) is 9.41. The van der Waals surface area contributed by atoms with Gasteiger partial charge in [-0.1, -0.05) is 12.1 Å². The second-order valence-corrected chi connectivity index (χ2v) is 7.27. The Kier molecular flexibility index (Phi) is 4.46. The molecule has 3 heterocycles. The van der Waals surface area contributed by atoms with Crippen molar-refractivity contribution < 1.29 is 4.52 Å². The molecule has 25 heavy (non-hydrogen) atoms. The van der Waals surface area contributed by atoms with Crippen LogP contribution in [0.1, 0.15) is 54.2 Å². The average molecular weight is 341 g/mol. The highest BCUT2D eigenvalue weighted by Crippen LogP contribution is 2.40. The minimum atomic E-state index is 0.634. The Balaban J connectivity index is 1.39. The van der Waals surface area contributed by atoms with Crippen LogP contribution in [0.25, 0.3) is 0 Å². The maximum absolute atomic E-state index is 5.47. The normalized spacial score (nSPS) is 18.8. The molecule has 0 N–H and O–H groups in total. The number of aromatic nitrogens is 3. The lowest BCUT2D eigenvalue weighted by molar-refractivity contribution is 0.241. The molecular weight excluding hydrogens is 314 g/mol. The minimum absolute atomic E-state index is 0.634. The Morgan fingerprint density at radius 3 is 2.56 bits per heavy atom. The molecule has 1 aliphatic heterocycles. The molecule has 0 amide bonds. The number of nitrogens with zero attached hydrogens (tertiary/aromatic N) is 5. The summed E-state index contributed by atoms with van der Waals surface area (Å²) in [6.07, 6.45) is 3.49. The molecule has 0 atom stereocenters. The van der Waals surface area contributed by atoms with Gasteiger partial charge in [0.25, 0.3) is 0 Å². The van der Waals surface area contributed by atoms with Gasteiger partial charge in [-0.15, -0.1) is 0 Å². The number of rotatable bonds is 5. The van der Waals surface area contributed by atoms with Crippen LogP contribution in [0.5, 0.6) is 0 Å². The van der Waals surface area contributed by atoms with E-state index in [-0.39, 0.29) is 0 Å². The van der Waals surface area contributed by atoms with Gasteiger partial charge in [-0.05, 0) is 33.1 Å². The lowest BCUT2D eigenvalue weighted by Crippen LogP contribution is -2.46. The largest absolute Gasteiger partial charge is 0.361 e. The zero-order valence-electron chi connectivity index (χ0n) is 15.5. The molecular formula is C19H27N5O. The molecule has 1 saturated carbocycles. The molecule has 0 unspecified atom stereocenters. The van der Waals surface area contributed by atoms with Gasteiger partial charge >= 0.3 is 0 Å². The fourth-order valence-electron chi connectivity index (χ4n) is 3.70. The van der Waals surface area contributed by atoms with E-state index in [1.165, 1.54) is 18.4 Å². The van der Waals surface area contributed by atoms with Crippen LogP contribution in [-0.4, -0.2) is 46.2 Å². The first kappa shape index (κ1) is 16.5. The molecule has 2 fully saturated rings. The Bertz CT molecular complexity index is 744. The molecule has 2 aromatic heterocycles. The molecule has 2 aromatic rings. The molecule has 0 radical (unpaired) electrons. The third-order valence-corrected chi connectivity index (χ3v) is 5.27. The summed E-state index contributed by atoms with van der Waals surface area (Å²) in [5.41, 5.74) is 3.46. The molecule has 6 heteroatoms. The van der Waals surface area contributed by atoms with E-state index >= 15 is 0 Å². The summed E-state index contributed by atoms with van der Waals surface area (Å²) in [6.45, 7) is 11.2. The maximum Gasteiger partial charge on any atom is 0.140 e. The molecule has 0 aromatic carbocycles. The van der Waals surface area contributed by atoms with Gasteiger partial charge in [0.15, 0.2) is 0 Å². The highest BCUT2D eigenvalue weighted by atomic mass is 16.5. The molecule has 0 bridgehead atoms. The Labute approximate surface area is 149 Å². The Morgan fingerprint density at radius 2 is 1.88 bits per heavy atom. The molecule has 6 nitrogen and oxygen atoms in total. The zero-order valence-corrected chi connectivity index (χ0v) is 15.5. The van der Waals surface area contributed by atoms with E-state index in [2.05, 4.69) is 39.9 Å². The van der Waals surface area contributed by atoms with Gasteiger partial charge in [0.2, 0.25) is 0 Å². The van der Waals surface area contributed by atoms with E-state index in [0.717, 1.165) is 67.9 Å². The molecule has 1 saturated heterocycles. The highest BCUT2D eigenvalue weighted by molar-refractivity contribution is 5.49. The van der Waals surface area contributed by atoms with Gasteiger partial charge in [0.1, 0.15) is 17.4 Å². The van der Waals surface area contributed by atoms with Crippen molar-refractivity contribution in [3.63, 3.8) is 0 Å². The number of hydrogen-bond donors (Lipinski definition) is 0. The molecule has 134 valence electrons. The summed E-state index contributed by atoms with van der Waals surface area (Å²) in [7, 11) is 0. The number of anilines is 1. The van der Waals surface area contributed by atoms with E-state index in [0.29, 0.717) is 5.92 Å². The number of piperazine rings is 1. The lowest BCUT2D eigenvalue weighted by Gasteiger charge is -2.36. The van der Waals surface area contributed by atoms with Crippen molar-refractivity contribution in [2.24, 2.45) is 0 Å². The van der Waals surface area contributed by atoms with E-state index in [1.54, 1.807) is 0 Å².